The third kappa shape index (κ3) is 3.30. The van der Waals surface area contributed by atoms with Crippen LogP contribution in [0.3, 0.4) is 0 Å². The van der Waals surface area contributed by atoms with E-state index in [0.29, 0.717) is 19.0 Å². The molecule has 140 valence electrons. The van der Waals surface area contributed by atoms with Gasteiger partial charge in [0.2, 0.25) is 10.0 Å². The van der Waals surface area contributed by atoms with Gasteiger partial charge in [-0.3, -0.25) is 0 Å². The molecule has 1 atom stereocenters. The highest BCUT2D eigenvalue weighted by atomic mass is 32.2. The van der Waals surface area contributed by atoms with Crippen molar-refractivity contribution >= 4 is 10.0 Å². The lowest BCUT2D eigenvalue weighted by molar-refractivity contribution is 0.261. The first-order valence-corrected chi connectivity index (χ1v) is 10.8. The van der Waals surface area contributed by atoms with E-state index >= 15 is 0 Å². The number of halogens is 1. The Balaban J connectivity index is 1.55. The molecule has 0 bridgehead atoms. The van der Waals surface area contributed by atoms with Gasteiger partial charge in [-0.25, -0.2) is 17.8 Å². The zero-order valence-electron chi connectivity index (χ0n) is 14.7. The van der Waals surface area contributed by atoms with Crippen molar-refractivity contribution in [3.05, 3.63) is 48.3 Å². The van der Waals surface area contributed by atoms with Crippen LogP contribution in [0.4, 0.5) is 4.39 Å². The molecule has 2 aliphatic rings. The lowest BCUT2D eigenvalue weighted by Crippen LogP contribution is -2.40. The Kier molecular flexibility index (Phi) is 4.84. The summed E-state index contributed by atoms with van der Waals surface area (Å²) in [6.07, 6.45) is 9.29. The molecule has 1 aliphatic carbocycles. The molecule has 1 saturated carbocycles. The van der Waals surface area contributed by atoms with Gasteiger partial charge in [0.15, 0.2) is 0 Å². The molecular formula is C19H24FN3O2S. The number of nitrogens with zero attached hydrogens (tertiary/aromatic N) is 3. The number of benzene rings is 1. The monoisotopic (exact) mass is 377 g/mol. The van der Waals surface area contributed by atoms with Crippen LogP contribution in [-0.2, 0) is 16.6 Å². The summed E-state index contributed by atoms with van der Waals surface area (Å²) in [4.78, 5) is 4.29. The molecule has 1 aliphatic heterocycles. The molecule has 1 aromatic heterocycles. The molecular weight excluding hydrogens is 353 g/mol. The van der Waals surface area contributed by atoms with E-state index in [2.05, 4.69) is 9.55 Å². The Morgan fingerprint density at radius 3 is 2.69 bits per heavy atom. The molecule has 1 aromatic carbocycles. The minimum absolute atomic E-state index is 0.0559. The van der Waals surface area contributed by atoms with E-state index in [1.807, 2.05) is 6.20 Å². The Morgan fingerprint density at radius 2 is 1.96 bits per heavy atom. The molecule has 0 N–H and O–H groups in total. The third-order valence-corrected chi connectivity index (χ3v) is 7.53. The lowest BCUT2D eigenvalue weighted by atomic mass is 9.85. The fraction of sp³-hybridized carbons (Fsp3) is 0.526. The number of imidazole rings is 1. The van der Waals surface area contributed by atoms with Crippen molar-refractivity contribution < 1.29 is 12.8 Å². The Morgan fingerprint density at radius 1 is 1.15 bits per heavy atom. The smallest absolute Gasteiger partial charge is 0.246 e. The first-order chi connectivity index (χ1) is 12.6. The Bertz CT molecular complexity index is 876. The lowest BCUT2D eigenvalue weighted by Gasteiger charge is -2.33. The van der Waals surface area contributed by atoms with Gasteiger partial charge >= 0.3 is 0 Å². The van der Waals surface area contributed by atoms with E-state index in [1.54, 1.807) is 12.3 Å². The molecule has 4 rings (SSSR count). The van der Waals surface area contributed by atoms with Crippen LogP contribution in [-0.4, -0.2) is 35.4 Å². The highest BCUT2D eigenvalue weighted by Gasteiger charge is 2.34. The minimum Gasteiger partial charge on any atom is -0.334 e. The van der Waals surface area contributed by atoms with E-state index in [0.717, 1.165) is 25.2 Å². The number of aromatic nitrogens is 2. The zero-order valence-corrected chi connectivity index (χ0v) is 15.5. The number of piperidine rings is 1. The number of hydrogen-bond donors (Lipinski definition) is 0. The predicted octanol–water partition coefficient (Wildman–Crippen LogP) is 3.39. The summed E-state index contributed by atoms with van der Waals surface area (Å²) in [5.41, 5.74) is 0. The van der Waals surface area contributed by atoms with E-state index in [1.165, 1.54) is 41.8 Å². The summed E-state index contributed by atoms with van der Waals surface area (Å²) in [7, 11) is -3.82. The second kappa shape index (κ2) is 7.12. The van der Waals surface area contributed by atoms with Crippen LogP contribution in [0.5, 0.6) is 0 Å². The standard InChI is InChI=1S/C19H24FN3O2S/c20-17-8-1-2-9-18(17)26(24,25)23-11-4-7-16(14-23)19-21-10-12-22(19)13-15-5-3-6-15/h1-2,8-10,12,15-16H,3-7,11,13-14H2. The summed E-state index contributed by atoms with van der Waals surface area (Å²) < 4.78 is 43.4. The summed E-state index contributed by atoms with van der Waals surface area (Å²) in [5.74, 6) is 1.04. The van der Waals surface area contributed by atoms with Crippen LogP contribution >= 0.6 is 0 Å². The summed E-state index contributed by atoms with van der Waals surface area (Å²) in [6.45, 7) is 1.75. The molecule has 2 aromatic rings. The molecule has 7 heteroatoms. The van der Waals surface area contributed by atoms with Crippen molar-refractivity contribution in [3.63, 3.8) is 0 Å². The van der Waals surface area contributed by atoms with Crippen molar-refractivity contribution in [1.29, 1.82) is 0 Å². The third-order valence-electron chi connectivity index (χ3n) is 5.63. The van der Waals surface area contributed by atoms with Gasteiger partial charge in [0.25, 0.3) is 0 Å². The van der Waals surface area contributed by atoms with Gasteiger partial charge in [0.1, 0.15) is 16.5 Å². The molecule has 0 spiro atoms. The maximum Gasteiger partial charge on any atom is 0.246 e. The van der Waals surface area contributed by atoms with E-state index in [4.69, 9.17) is 0 Å². The maximum atomic E-state index is 14.0. The predicted molar refractivity (Wildman–Crippen MR) is 96.7 cm³/mol. The van der Waals surface area contributed by atoms with Gasteiger partial charge < -0.3 is 4.57 Å². The Hall–Kier alpha value is -1.73. The SMILES string of the molecule is O=S(=O)(c1ccccc1F)N1CCCC(c2nccn2CC2CCC2)C1. The average Bonchev–Trinajstić information content (AvgIpc) is 3.07. The maximum absolute atomic E-state index is 14.0. The second-order valence-electron chi connectivity index (χ2n) is 7.37. The van der Waals surface area contributed by atoms with Gasteiger partial charge in [0, 0.05) is 37.9 Å². The molecule has 1 unspecified atom stereocenters. The number of sulfonamides is 1. The van der Waals surface area contributed by atoms with Gasteiger partial charge in [-0.2, -0.15) is 4.31 Å². The molecule has 26 heavy (non-hydrogen) atoms. The van der Waals surface area contributed by atoms with Crippen molar-refractivity contribution in [2.75, 3.05) is 13.1 Å². The van der Waals surface area contributed by atoms with Crippen molar-refractivity contribution in [2.45, 2.75) is 49.5 Å². The summed E-state index contributed by atoms with van der Waals surface area (Å²) in [6, 6.07) is 5.60. The minimum atomic E-state index is -3.82. The van der Waals surface area contributed by atoms with Gasteiger partial charge in [0.05, 0.1) is 0 Å². The number of hydrogen-bond acceptors (Lipinski definition) is 3. The fourth-order valence-corrected chi connectivity index (χ4v) is 5.54. The van der Waals surface area contributed by atoms with Crippen molar-refractivity contribution in [1.82, 2.24) is 13.9 Å². The van der Waals surface area contributed by atoms with Gasteiger partial charge in [-0.15, -0.1) is 0 Å². The summed E-state index contributed by atoms with van der Waals surface area (Å²) in [5, 5.41) is 0. The second-order valence-corrected chi connectivity index (χ2v) is 9.27. The van der Waals surface area contributed by atoms with Gasteiger partial charge in [-0.1, -0.05) is 18.6 Å². The first kappa shape index (κ1) is 17.7. The van der Waals surface area contributed by atoms with Gasteiger partial charge in [-0.05, 0) is 43.7 Å². The molecule has 1 saturated heterocycles. The van der Waals surface area contributed by atoms with E-state index < -0.39 is 15.8 Å². The molecule has 2 heterocycles. The Labute approximate surface area is 153 Å². The molecule has 5 nitrogen and oxygen atoms in total. The van der Waals surface area contributed by atoms with E-state index in [9.17, 15) is 12.8 Å². The molecule has 0 radical (unpaired) electrons. The quantitative estimate of drug-likeness (QED) is 0.803. The molecule has 2 fully saturated rings. The van der Waals surface area contributed by atoms with E-state index in [-0.39, 0.29) is 10.8 Å². The fourth-order valence-electron chi connectivity index (χ4n) is 3.95. The highest BCUT2D eigenvalue weighted by molar-refractivity contribution is 7.89. The number of rotatable bonds is 5. The summed E-state index contributed by atoms with van der Waals surface area (Å²) >= 11 is 0. The van der Waals surface area contributed by atoms with Crippen LogP contribution in [0.1, 0.15) is 43.8 Å². The van der Waals surface area contributed by atoms with Crippen LogP contribution in [0.25, 0.3) is 0 Å². The van der Waals surface area contributed by atoms with Crippen molar-refractivity contribution in [2.24, 2.45) is 5.92 Å². The zero-order chi connectivity index (χ0) is 18.1. The first-order valence-electron chi connectivity index (χ1n) is 9.31. The van der Waals surface area contributed by atoms with Crippen LogP contribution in [0.15, 0.2) is 41.6 Å². The normalized spacial score (nSPS) is 22.3. The van der Waals surface area contributed by atoms with Crippen LogP contribution < -0.4 is 0 Å². The largest absolute Gasteiger partial charge is 0.334 e. The average molecular weight is 377 g/mol. The topological polar surface area (TPSA) is 55.2 Å². The van der Waals surface area contributed by atoms with Crippen molar-refractivity contribution in [3.8, 4) is 0 Å². The van der Waals surface area contributed by atoms with Crippen LogP contribution in [0, 0.1) is 11.7 Å². The van der Waals surface area contributed by atoms with Crippen LogP contribution in [0.2, 0.25) is 0 Å². The highest BCUT2D eigenvalue weighted by Crippen LogP contribution is 2.32. The molecule has 0 amide bonds.